The van der Waals surface area contributed by atoms with Crippen molar-refractivity contribution in [1.82, 2.24) is 19.1 Å². The Morgan fingerprint density at radius 3 is 2.86 bits per heavy atom. The first-order chi connectivity index (χ1) is 10.7. The minimum absolute atomic E-state index is 0.804. The van der Waals surface area contributed by atoms with Crippen LogP contribution in [0.4, 0.5) is 11.6 Å². The second kappa shape index (κ2) is 5.19. The molecule has 0 amide bonds. The number of nitrogens with zero attached hydrogens (tertiary/aromatic N) is 4. The van der Waals surface area contributed by atoms with E-state index in [9.17, 15) is 0 Å². The molecular formula is C15H13N5S2. The molecule has 7 heteroatoms. The van der Waals surface area contributed by atoms with Crippen molar-refractivity contribution in [2.75, 3.05) is 5.32 Å². The molecule has 0 bridgehead atoms. The van der Waals surface area contributed by atoms with Crippen LogP contribution in [0.3, 0.4) is 0 Å². The van der Waals surface area contributed by atoms with Crippen LogP contribution in [0.1, 0.15) is 5.56 Å². The summed E-state index contributed by atoms with van der Waals surface area (Å²) in [5.41, 5.74) is 3.24. The third-order valence-corrected chi connectivity index (χ3v) is 5.10. The van der Waals surface area contributed by atoms with Crippen LogP contribution in [-0.4, -0.2) is 19.1 Å². The summed E-state index contributed by atoms with van der Waals surface area (Å²) < 4.78 is 7.15. The fourth-order valence-electron chi connectivity index (χ4n) is 2.36. The van der Waals surface area contributed by atoms with Crippen molar-refractivity contribution in [3.63, 3.8) is 0 Å². The molecule has 0 saturated heterocycles. The third-order valence-electron chi connectivity index (χ3n) is 3.38. The van der Waals surface area contributed by atoms with Gasteiger partial charge in [0.05, 0.1) is 15.1 Å². The van der Waals surface area contributed by atoms with E-state index in [2.05, 4.69) is 26.2 Å². The molecule has 4 aromatic rings. The Morgan fingerprint density at radius 1 is 1.23 bits per heavy atom. The molecule has 5 nitrogen and oxygen atoms in total. The second-order valence-electron chi connectivity index (χ2n) is 5.03. The summed E-state index contributed by atoms with van der Waals surface area (Å²) in [7, 11) is 1.91. The Morgan fingerprint density at radius 2 is 2.14 bits per heavy atom. The number of nitrogens with one attached hydrogen (secondary N) is 1. The molecular weight excluding hydrogens is 314 g/mol. The summed E-state index contributed by atoms with van der Waals surface area (Å²) in [5, 5.41) is 9.84. The normalized spacial score (nSPS) is 11.2. The van der Waals surface area contributed by atoms with Crippen LogP contribution in [-0.2, 0) is 7.05 Å². The van der Waals surface area contributed by atoms with E-state index in [1.54, 1.807) is 16.0 Å². The lowest BCUT2D eigenvalue weighted by Crippen LogP contribution is -1.96. The lowest BCUT2D eigenvalue weighted by atomic mass is 10.2. The van der Waals surface area contributed by atoms with Gasteiger partial charge in [0, 0.05) is 35.9 Å². The first-order valence-electron chi connectivity index (χ1n) is 6.77. The maximum atomic E-state index is 4.77. The topological polar surface area (TPSA) is 55.6 Å². The van der Waals surface area contributed by atoms with Crippen molar-refractivity contribution in [2.24, 2.45) is 7.05 Å². The van der Waals surface area contributed by atoms with Gasteiger partial charge in [-0.3, -0.25) is 4.68 Å². The van der Waals surface area contributed by atoms with Gasteiger partial charge in [0.25, 0.3) is 0 Å². The highest BCUT2D eigenvalue weighted by molar-refractivity contribution is 7.18. The fraction of sp³-hybridized carbons (Fsp3) is 0.133. The zero-order chi connectivity index (χ0) is 15.1. The SMILES string of the molecule is Cc1cn(C)nc1Nc1ccc2scc(-c3ccns3)c2n1. The summed E-state index contributed by atoms with van der Waals surface area (Å²) >= 11 is 3.20. The summed E-state index contributed by atoms with van der Waals surface area (Å²) in [6, 6.07) is 6.11. The Hall–Kier alpha value is -2.25. The van der Waals surface area contributed by atoms with E-state index in [1.807, 2.05) is 38.5 Å². The Labute approximate surface area is 135 Å². The van der Waals surface area contributed by atoms with Crippen LogP contribution >= 0.6 is 22.9 Å². The predicted octanol–water partition coefficient (Wildman–Crippen LogP) is 4.21. The van der Waals surface area contributed by atoms with Gasteiger partial charge in [-0.1, -0.05) is 0 Å². The summed E-state index contributed by atoms with van der Waals surface area (Å²) in [6.07, 6.45) is 3.80. The molecule has 1 N–H and O–H groups in total. The molecule has 0 fully saturated rings. The molecule has 4 rings (SSSR count). The number of rotatable bonds is 3. The number of hydrogen-bond acceptors (Lipinski definition) is 6. The maximum absolute atomic E-state index is 4.77. The van der Waals surface area contributed by atoms with Crippen molar-refractivity contribution in [3.05, 3.63) is 41.5 Å². The number of aromatic nitrogens is 4. The lowest BCUT2D eigenvalue weighted by Gasteiger charge is -2.04. The van der Waals surface area contributed by atoms with E-state index < -0.39 is 0 Å². The van der Waals surface area contributed by atoms with Crippen molar-refractivity contribution in [1.29, 1.82) is 0 Å². The Bertz CT molecular complexity index is 936. The van der Waals surface area contributed by atoms with E-state index in [-0.39, 0.29) is 0 Å². The van der Waals surface area contributed by atoms with Gasteiger partial charge in [-0.2, -0.15) is 5.10 Å². The highest BCUT2D eigenvalue weighted by Crippen LogP contribution is 2.35. The number of fused-ring (bicyclic) bond motifs is 1. The molecule has 110 valence electrons. The number of aryl methyl sites for hydroxylation is 2. The van der Waals surface area contributed by atoms with E-state index in [0.29, 0.717) is 0 Å². The molecule has 0 radical (unpaired) electrons. The number of thiophene rings is 1. The van der Waals surface area contributed by atoms with E-state index in [0.717, 1.165) is 33.2 Å². The van der Waals surface area contributed by atoms with Gasteiger partial charge in [0.1, 0.15) is 5.82 Å². The standard InChI is InChI=1S/C15H13N5S2/c1-9-7-20(2)19-15(9)18-13-4-3-12-14(17-13)10(8-21-12)11-5-6-16-22-11/h3-8H,1-2H3,(H,17,18,19). The van der Waals surface area contributed by atoms with Crippen molar-refractivity contribution in [2.45, 2.75) is 6.92 Å². The fourth-order valence-corrected chi connectivity index (χ4v) is 3.95. The van der Waals surface area contributed by atoms with Crippen molar-refractivity contribution < 1.29 is 0 Å². The molecule has 0 aromatic carbocycles. The summed E-state index contributed by atoms with van der Waals surface area (Å²) in [5.74, 6) is 1.64. The van der Waals surface area contributed by atoms with E-state index in [1.165, 1.54) is 16.2 Å². The van der Waals surface area contributed by atoms with Gasteiger partial charge in [-0.15, -0.1) is 11.3 Å². The maximum Gasteiger partial charge on any atom is 0.156 e. The molecule has 0 aliphatic heterocycles. The van der Waals surface area contributed by atoms with Crippen LogP contribution in [0.2, 0.25) is 0 Å². The molecule has 4 heterocycles. The minimum atomic E-state index is 0.804. The van der Waals surface area contributed by atoms with Crippen LogP contribution in [0.15, 0.2) is 36.0 Å². The Balaban J connectivity index is 1.76. The van der Waals surface area contributed by atoms with E-state index >= 15 is 0 Å². The zero-order valence-corrected chi connectivity index (χ0v) is 13.7. The van der Waals surface area contributed by atoms with Gasteiger partial charge in [-0.05, 0) is 36.7 Å². The highest BCUT2D eigenvalue weighted by atomic mass is 32.1. The van der Waals surface area contributed by atoms with Crippen LogP contribution in [0, 0.1) is 6.92 Å². The monoisotopic (exact) mass is 327 g/mol. The molecule has 0 saturated carbocycles. The average Bonchev–Trinajstić information content (AvgIpc) is 3.19. The molecule has 0 spiro atoms. The van der Waals surface area contributed by atoms with Crippen molar-refractivity contribution >= 4 is 44.7 Å². The largest absolute Gasteiger partial charge is 0.323 e. The molecule has 4 aromatic heterocycles. The zero-order valence-electron chi connectivity index (χ0n) is 12.1. The van der Waals surface area contributed by atoms with Crippen molar-refractivity contribution in [3.8, 4) is 10.4 Å². The molecule has 0 atom stereocenters. The quantitative estimate of drug-likeness (QED) is 0.612. The minimum Gasteiger partial charge on any atom is -0.323 e. The van der Waals surface area contributed by atoms with Gasteiger partial charge < -0.3 is 5.32 Å². The average molecular weight is 327 g/mol. The van der Waals surface area contributed by atoms with Crippen LogP contribution < -0.4 is 5.32 Å². The van der Waals surface area contributed by atoms with Crippen LogP contribution in [0.5, 0.6) is 0 Å². The smallest absolute Gasteiger partial charge is 0.156 e. The first-order valence-corrected chi connectivity index (χ1v) is 8.42. The van der Waals surface area contributed by atoms with Crippen LogP contribution in [0.25, 0.3) is 20.7 Å². The van der Waals surface area contributed by atoms with Gasteiger partial charge in [-0.25, -0.2) is 9.36 Å². The second-order valence-corrected chi connectivity index (χ2v) is 6.77. The molecule has 0 unspecified atom stereocenters. The van der Waals surface area contributed by atoms with E-state index in [4.69, 9.17) is 4.98 Å². The Kier molecular flexibility index (Phi) is 3.16. The van der Waals surface area contributed by atoms with Gasteiger partial charge in [0.15, 0.2) is 5.82 Å². The summed E-state index contributed by atoms with van der Waals surface area (Å²) in [6.45, 7) is 2.03. The molecule has 22 heavy (non-hydrogen) atoms. The number of pyridine rings is 1. The third kappa shape index (κ3) is 2.28. The number of hydrogen-bond donors (Lipinski definition) is 1. The lowest BCUT2D eigenvalue weighted by molar-refractivity contribution is 0.770. The predicted molar refractivity (Wildman–Crippen MR) is 92.0 cm³/mol. The first kappa shape index (κ1) is 13.4. The molecule has 0 aliphatic rings. The number of anilines is 2. The summed E-state index contributed by atoms with van der Waals surface area (Å²) in [4.78, 5) is 5.91. The van der Waals surface area contributed by atoms with Gasteiger partial charge in [0.2, 0.25) is 0 Å². The molecule has 0 aliphatic carbocycles. The van der Waals surface area contributed by atoms with Gasteiger partial charge >= 0.3 is 0 Å². The highest BCUT2D eigenvalue weighted by Gasteiger charge is 2.11.